The van der Waals surface area contributed by atoms with Crippen molar-refractivity contribution in [3.05, 3.63) is 28.4 Å². The van der Waals surface area contributed by atoms with Crippen LogP contribution in [0, 0.1) is 0 Å². The molecule has 2 aliphatic rings. The molecule has 4 rings (SSSR count). The van der Waals surface area contributed by atoms with Gasteiger partial charge in [0.2, 0.25) is 4.80 Å². The van der Waals surface area contributed by atoms with E-state index in [1.165, 1.54) is 19.3 Å². The third-order valence-corrected chi connectivity index (χ3v) is 6.07. The summed E-state index contributed by atoms with van der Waals surface area (Å²) in [6, 6.07) is 6.25. The van der Waals surface area contributed by atoms with Crippen LogP contribution in [-0.4, -0.2) is 28.9 Å². The third kappa shape index (κ3) is 4.04. The number of thiazole rings is 1. The monoisotopic (exact) mass is 398 g/mol. The predicted octanol–water partition coefficient (Wildman–Crippen LogP) is 4.41. The van der Waals surface area contributed by atoms with Gasteiger partial charge in [0.15, 0.2) is 6.61 Å². The number of anilines is 1. The Bertz CT molecular complexity index is 967. The Labute approximate surface area is 169 Å². The first-order valence-electron chi connectivity index (χ1n) is 10.00. The van der Waals surface area contributed by atoms with Crippen molar-refractivity contribution in [1.82, 2.24) is 4.68 Å². The number of fused-ring (bicyclic) bond motifs is 1. The van der Waals surface area contributed by atoms with Crippen molar-refractivity contribution >= 4 is 28.6 Å². The molecule has 6 nitrogen and oxygen atoms in total. The molecule has 1 aliphatic heterocycles. The first-order chi connectivity index (χ1) is 13.6. The van der Waals surface area contributed by atoms with Gasteiger partial charge in [-0.1, -0.05) is 26.2 Å². The highest BCUT2D eigenvalue weighted by atomic mass is 32.1. The maximum Gasteiger partial charge on any atom is 0.262 e. The third-order valence-electron chi connectivity index (χ3n) is 5.24. The predicted molar refractivity (Wildman–Crippen MR) is 113 cm³/mol. The summed E-state index contributed by atoms with van der Waals surface area (Å²) in [4.78, 5) is 17.6. The molecular formula is C21H26N4O2S. The standard InChI is InChI=1S/C21H26N4O2S/c1-3-14(2)24-25-18(13-28-21(25)22-16-7-5-4-6-8-16)15-9-10-19-17(11-15)23-20(26)12-27-19/h9-11,13,16H,3-8,12H2,1-2H3,(H,23,26). The summed E-state index contributed by atoms with van der Waals surface area (Å²) >= 11 is 1.63. The van der Waals surface area contributed by atoms with Gasteiger partial charge in [-0.15, -0.1) is 11.3 Å². The summed E-state index contributed by atoms with van der Waals surface area (Å²) in [6.07, 6.45) is 7.04. The summed E-state index contributed by atoms with van der Waals surface area (Å²) < 4.78 is 7.45. The summed E-state index contributed by atoms with van der Waals surface area (Å²) in [6.45, 7) is 4.21. The van der Waals surface area contributed by atoms with E-state index >= 15 is 0 Å². The molecule has 2 heterocycles. The number of hydrogen-bond donors (Lipinski definition) is 1. The van der Waals surface area contributed by atoms with Gasteiger partial charge in [0.05, 0.1) is 17.4 Å². The van der Waals surface area contributed by atoms with E-state index in [0.717, 1.165) is 41.0 Å². The van der Waals surface area contributed by atoms with E-state index < -0.39 is 0 Å². The van der Waals surface area contributed by atoms with Gasteiger partial charge in [-0.3, -0.25) is 9.79 Å². The Kier molecular flexibility index (Phi) is 5.62. The van der Waals surface area contributed by atoms with Crippen LogP contribution in [0.5, 0.6) is 5.75 Å². The van der Waals surface area contributed by atoms with Crippen LogP contribution in [-0.2, 0) is 4.79 Å². The van der Waals surface area contributed by atoms with Crippen LogP contribution in [0.2, 0.25) is 0 Å². The molecule has 1 aliphatic carbocycles. The minimum absolute atomic E-state index is 0.0647. The first-order valence-corrected chi connectivity index (χ1v) is 10.9. The van der Waals surface area contributed by atoms with E-state index in [0.29, 0.717) is 17.5 Å². The smallest absolute Gasteiger partial charge is 0.262 e. The highest BCUT2D eigenvalue weighted by Gasteiger charge is 2.18. The van der Waals surface area contributed by atoms with Gasteiger partial charge in [0.25, 0.3) is 5.91 Å². The fourth-order valence-corrected chi connectivity index (χ4v) is 4.44. The van der Waals surface area contributed by atoms with Crippen LogP contribution in [0.4, 0.5) is 5.69 Å². The topological polar surface area (TPSA) is 68.0 Å². The Balaban J connectivity index is 1.78. The molecule has 0 atom stereocenters. The zero-order valence-corrected chi connectivity index (χ0v) is 17.2. The number of rotatable bonds is 4. The molecule has 1 aromatic heterocycles. The minimum Gasteiger partial charge on any atom is -0.482 e. The lowest BCUT2D eigenvalue weighted by atomic mass is 9.96. The number of ether oxygens (including phenoxy) is 1. The van der Waals surface area contributed by atoms with Gasteiger partial charge >= 0.3 is 0 Å². The molecular weight excluding hydrogens is 372 g/mol. The van der Waals surface area contributed by atoms with Crippen molar-refractivity contribution in [3.63, 3.8) is 0 Å². The quantitative estimate of drug-likeness (QED) is 0.775. The maximum absolute atomic E-state index is 11.7. The normalized spacial score (nSPS) is 18.6. The summed E-state index contributed by atoms with van der Waals surface area (Å²) in [5.74, 6) is 0.571. The molecule has 1 amide bonds. The van der Waals surface area contributed by atoms with E-state index in [4.69, 9.17) is 14.8 Å². The second kappa shape index (κ2) is 8.31. The van der Waals surface area contributed by atoms with Gasteiger partial charge < -0.3 is 10.1 Å². The lowest BCUT2D eigenvalue weighted by Crippen LogP contribution is -2.25. The molecule has 1 fully saturated rings. The van der Waals surface area contributed by atoms with Crippen molar-refractivity contribution in [2.75, 3.05) is 11.9 Å². The molecule has 7 heteroatoms. The fourth-order valence-electron chi connectivity index (χ4n) is 3.53. The molecule has 148 valence electrons. The number of hydrogen-bond acceptors (Lipinski definition) is 5. The first kappa shape index (κ1) is 18.9. The lowest BCUT2D eigenvalue weighted by Gasteiger charge is -2.18. The van der Waals surface area contributed by atoms with Crippen molar-refractivity contribution in [2.45, 2.75) is 58.4 Å². The average molecular weight is 399 g/mol. The van der Waals surface area contributed by atoms with Crippen LogP contribution in [0.15, 0.2) is 33.7 Å². The number of aromatic nitrogens is 1. The molecule has 1 N–H and O–H groups in total. The van der Waals surface area contributed by atoms with Gasteiger partial charge in [-0.2, -0.15) is 5.10 Å². The zero-order chi connectivity index (χ0) is 19.5. The summed E-state index contributed by atoms with van der Waals surface area (Å²) in [5, 5.41) is 9.82. The van der Waals surface area contributed by atoms with E-state index in [-0.39, 0.29) is 12.5 Å². The van der Waals surface area contributed by atoms with Crippen LogP contribution in [0.1, 0.15) is 52.4 Å². The van der Waals surface area contributed by atoms with Crippen molar-refractivity contribution < 1.29 is 9.53 Å². The number of amides is 1. The fraction of sp³-hybridized carbons (Fsp3) is 0.476. The number of nitrogens with one attached hydrogen (secondary N) is 1. The maximum atomic E-state index is 11.7. The molecule has 0 unspecified atom stereocenters. The molecule has 0 spiro atoms. The Hall–Kier alpha value is -2.41. The van der Waals surface area contributed by atoms with Crippen molar-refractivity contribution in [2.24, 2.45) is 10.1 Å². The van der Waals surface area contributed by atoms with Crippen molar-refractivity contribution in [3.8, 4) is 17.0 Å². The van der Waals surface area contributed by atoms with E-state index in [2.05, 4.69) is 17.6 Å². The molecule has 0 bridgehead atoms. The number of carbonyl (C=O) groups excluding carboxylic acids is 1. The van der Waals surface area contributed by atoms with Crippen LogP contribution in [0.25, 0.3) is 11.3 Å². The number of benzene rings is 1. The van der Waals surface area contributed by atoms with E-state index in [9.17, 15) is 4.79 Å². The molecule has 0 saturated heterocycles. The van der Waals surface area contributed by atoms with Gasteiger partial charge in [0, 0.05) is 16.7 Å². The molecule has 2 aromatic rings. The molecule has 1 saturated carbocycles. The number of nitrogens with zero attached hydrogens (tertiary/aromatic N) is 3. The lowest BCUT2D eigenvalue weighted by molar-refractivity contribution is -0.118. The second-order valence-electron chi connectivity index (χ2n) is 7.37. The Morgan fingerprint density at radius 3 is 2.93 bits per heavy atom. The average Bonchev–Trinajstić information content (AvgIpc) is 3.10. The van der Waals surface area contributed by atoms with Gasteiger partial charge in [-0.25, -0.2) is 4.68 Å². The van der Waals surface area contributed by atoms with Gasteiger partial charge in [0.1, 0.15) is 5.75 Å². The highest BCUT2D eigenvalue weighted by molar-refractivity contribution is 7.07. The summed E-state index contributed by atoms with van der Waals surface area (Å²) in [7, 11) is 0. The number of carbonyl (C=O) groups is 1. The Morgan fingerprint density at radius 2 is 2.14 bits per heavy atom. The van der Waals surface area contributed by atoms with Crippen LogP contribution >= 0.6 is 11.3 Å². The highest BCUT2D eigenvalue weighted by Crippen LogP contribution is 2.33. The largest absolute Gasteiger partial charge is 0.482 e. The van der Waals surface area contributed by atoms with Gasteiger partial charge in [-0.05, 0) is 44.4 Å². The molecule has 1 aromatic carbocycles. The summed E-state index contributed by atoms with van der Waals surface area (Å²) in [5.41, 5.74) is 3.72. The van der Waals surface area contributed by atoms with Crippen LogP contribution in [0.3, 0.4) is 0 Å². The SMILES string of the molecule is CCC(C)=Nn1c(-c2ccc3c(c2)NC(=O)CO3)csc1=NC1CCCCC1. The van der Waals surface area contributed by atoms with E-state index in [1.807, 2.05) is 29.8 Å². The second-order valence-corrected chi connectivity index (χ2v) is 8.21. The zero-order valence-electron chi connectivity index (χ0n) is 16.4. The Morgan fingerprint density at radius 1 is 1.32 bits per heavy atom. The minimum atomic E-state index is -0.129. The molecule has 28 heavy (non-hydrogen) atoms. The van der Waals surface area contributed by atoms with E-state index in [1.54, 1.807) is 11.3 Å². The van der Waals surface area contributed by atoms with Crippen LogP contribution < -0.4 is 14.9 Å². The van der Waals surface area contributed by atoms with Crippen molar-refractivity contribution in [1.29, 1.82) is 0 Å². The molecule has 0 radical (unpaired) electrons.